The van der Waals surface area contributed by atoms with Crippen molar-refractivity contribution < 1.29 is 4.79 Å². The van der Waals surface area contributed by atoms with Crippen LogP contribution < -0.4 is 5.32 Å². The van der Waals surface area contributed by atoms with Crippen molar-refractivity contribution in [3.63, 3.8) is 0 Å². The molecule has 1 heterocycles. The smallest absolute Gasteiger partial charge is 0.235 e. The number of amides is 1. The van der Waals surface area contributed by atoms with Crippen molar-refractivity contribution >= 4 is 35.0 Å². The summed E-state index contributed by atoms with van der Waals surface area (Å²) in [6.07, 6.45) is 3.46. The average molecular weight is 217 g/mol. The molecule has 1 radical (unpaired) electrons. The van der Waals surface area contributed by atoms with Gasteiger partial charge in [-0.2, -0.15) is 0 Å². The molecule has 1 N–H and O–H groups in total. The summed E-state index contributed by atoms with van der Waals surface area (Å²) >= 11 is 4.67. The van der Waals surface area contributed by atoms with Crippen LogP contribution in [-0.2, 0) is 4.79 Å². The molecule has 0 bridgehead atoms. The van der Waals surface area contributed by atoms with Crippen molar-refractivity contribution in [2.75, 3.05) is 11.1 Å². The first-order valence-corrected chi connectivity index (χ1v) is 5.09. The van der Waals surface area contributed by atoms with Gasteiger partial charge in [-0.15, -0.1) is 0 Å². The van der Waals surface area contributed by atoms with Gasteiger partial charge in [0.2, 0.25) is 5.91 Å². The molecule has 1 aromatic heterocycles. The Morgan fingerprint density at radius 2 is 2.27 bits per heavy atom. The van der Waals surface area contributed by atoms with Crippen LogP contribution in [0.2, 0.25) is 0 Å². The van der Waals surface area contributed by atoms with E-state index in [1.165, 1.54) is 0 Å². The molecule has 0 aliphatic heterocycles. The van der Waals surface area contributed by atoms with E-state index in [9.17, 15) is 4.79 Å². The lowest BCUT2D eigenvalue weighted by Gasteiger charge is -2.06. The molecule has 0 atom stereocenters. The van der Waals surface area contributed by atoms with Gasteiger partial charge in [-0.3, -0.25) is 9.78 Å². The van der Waals surface area contributed by atoms with Crippen LogP contribution in [0.4, 0.5) is 5.69 Å². The molecule has 15 heavy (non-hydrogen) atoms. The topological polar surface area (TPSA) is 42.0 Å². The Bertz CT molecular complexity index is 493. The van der Waals surface area contributed by atoms with E-state index in [1.807, 2.05) is 24.3 Å². The van der Waals surface area contributed by atoms with Crippen molar-refractivity contribution in [3.8, 4) is 0 Å². The Labute approximate surface area is 92.9 Å². The normalized spacial score (nSPS) is 10.2. The molecule has 75 valence electrons. The third kappa shape index (κ3) is 2.10. The number of hydrogen-bond donors (Lipinski definition) is 1. The van der Waals surface area contributed by atoms with Crippen LogP contribution in [0.25, 0.3) is 10.8 Å². The van der Waals surface area contributed by atoms with E-state index >= 15 is 0 Å². The quantitative estimate of drug-likeness (QED) is 0.839. The summed E-state index contributed by atoms with van der Waals surface area (Å²) in [5.41, 5.74) is 0.782. The molecule has 0 aliphatic rings. The third-order valence-corrected chi connectivity index (χ3v) is 2.35. The lowest BCUT2D eigenvalue weighted by molar-refractivity contribution is -0.113. The predicted molar refractivity (Wildman–Crippen MR) is 62.8 cm³/mol. The third-order valence-electron chi connectivity index (χ3n) is 2.09. The highest BCUT2D eigenvalue weighted by molar-refractivity contribution is 7.81. The molecule has 0 aliphatic carbocycles. The second-order valence-electron chi connectivity index (χ2n) is 3.09. The molecule has 1 aromatic carbocycles. The van der Waals surface area contributed by atoms with Crippen LogP contribution in [-0.4, -0.2) is 16.6 Å². The fourth-order valence-corrected chi connectivity index (χ4v) is 1.49. The zero-order valence-corrected chi connectivity index (χ0v) is 8.75. The first-order valence-electron chi connectivity index (χ1n) is 4.52. The summed E-state index contributed by atoms with van der Waals surface area (Å²) < 4.78 is 0. The fourth-order valence-electron chi connectivity index (χ4n) is 1.42. The van der Waals surface area contributed by atoms with Gasteiger partial charge in [0.05, 0.1) is 5.75 Å². The molecule has 0 saturated carbocycles. The monoisotopic (exact) mass is 217 g/mol. The fraction of sp³-hybridized carbons (Fsp3) is 0.0909. The highest BCUT2D eigenvalue weighted by Crippen LogP contribution is 2.21. The molecule has 1 amide bonds. The van der Waals surface area contributed by atoms with Crippen LogP contribution >= 0.6 is 12.6 Å². The van der Waals surface area contributed by atoms with Crippen LogP contribution in [0.5, 0.6) is 0 Å². The molecule has 4 heteroatoms. The number of rotatable bonds is 2. The van der Waals surface area contributed by atoms with Crippen molar-refractivity contribution in [1.82, 2.24) is 4.98 Å². The van der Waals surface area contributed by atoms with Crippen LogP contribution in [0.1, 0.15) is 0 Å². The summed E-state index contributed by atoms with van der Waals surface area (Å²) in [7, 11) is 0. The number of carbonyl (C=O) groups is 1. The first kappa shape index (κ1) is 9.98. The van der Waals surface area contributed by atoms with Gasteiger partial charge < -0.3 is 5.32 Å². The summed E-state index contributed by atoms with van der Waals surface area (Å²) in [5.74, 6) is -0.0871. The minimum Gasteiger partial charge on any atom is -0.325 e. The van der Waals surface area contributed by atoms with Gasteiger partial charge in [0.1, 0.15) is 0 Å². The van der Waals surface area contributed by atoms with Gasteiger partial charge in [-0.25, -0.2) is 0 Å². The number of carbonyl (C=O) groups excluding carboxylic acids is 1. The second kappa shape index (κ2) is 4.31. The Hall–Kier alpha value is -1.55. The molecule has 0 saturated heterocycles. The van der Waals surface area contributed by atoms with E-state index in [0.717, 1.165) is 16.5 Å². The zero-order chi connectivity index (χ0) is 10.7. The Kier molecular flexibility index (Phi) is 2.87. The number of fused-ring (bicyclic) bond motifs is 1. The Balaban J connectivity index is 2.46. The predicted octanol–water partition coefficient (Wildman–Crippen LogP) is 2.37. The number of benzene rings is 1. The minimum atomic E-state index is -0.158. The van der Waals surface area contributed by atoms with Crippen LogP contribution in [0, 0.1) is 0 Å². The van der Waals surface area contributed by atoms with Crippen molar-refractivity contribution in [2.24, 2.45) is 0 Å². The van der Waals surface area contributed by atoms with Gasteiger partial charge in [-0.1, -0.05) is 24.8 Å². The molecule has 0 fully saturated rings. The lowest BCUT2D eigenvalue weighted by atomic mass is 10.1. The maximum absolute atomic E-state index is 11.2. The SMILES string of the molecule is O=C(C[S])Nc1cccc2cnccc12. The molecule has 0 unspecified atom stereocenters. The summed E-state index contributed by atoms with van der Waals surface area (Å²) in [5, 5.41) is 4.74. The average Bonchev–Trinajstić information content (AvgIpc) is 2.29. The molecular formula is C11H9N2OS. The van der Waals surface area contributed by atoms with E-state index in [0.29, 0.717) is 0 Å². The van der Waals surface area contributed by atoms with E-state index in [1.54, 1.807) is 12.4 Å². The zero-order valence-electron chi connectivity index (χ0n) is 7.93. The molecular weight excluding hydrogens is 208 g/mol. The molecule has 0 spiro atoms. The van der Waals surface area contributed by atoms with E-state index in [4.69, 9.17) is 0 Å². The maximum atomic E-state index is 11.2. The van der Waals surface area contributed by atoms with Gasteiger partial charge >= 0.3 is 0 Å². The molecule has 2 rings (SSSR count). The van der Waals surface area contributed by atoms with Crippen LogP contribution in [0.15, 0.2) is 36.7 Å². The second-order valence-corrected chi connectivity index (χ2v) is 3.38. The Morgan fingerprint density at radius 3 is 3.07 bits per heavy atom. The first-order chi connectivity index (χ1) is 7.31. The van der Waals surface area contributed by atoms with Gasteiger partial charge in [0, 0.05) is 28.9 Å². The summed E-state index contributed by atoms with van der Waals surface area (Å²) in [4.78, 5) is 15.2. The van der Waals surface area contributed by atoms with E-state index in [2.05, 4.69) is 22.9 Å². The van der Waals surface area contributed by atoms with Gasteiger partial charge in [0.25, 0.3) is 0 Å². The number of anilines is 1. The van der Waals surface area contributed by atoms with Crippen molar-refractivity contribution in [1.29, 1.82) is 0 Å². The van der Waals surface area contributed by atoms with Crippen molar-refractivity contribution in [2.45, 2.75) is 0 Å². The Morgan fingerprint density at radius 1 is 1.40 bits per heavy atom. The standard InChI is InChI=1S/C11H9N2OS/c14-11(7-15)13-10-3-1-2-8-6-12-5-4-9(8)10/h1-6H,7H2,(H,13,14). The number of pyridine rings is 1. The van der Waals surface area contributed by atoms with Crippen molar-refractivity contribution in [3.05, 3.63) is 36.7 Å². The van der Waals surface area contributed by atoms with E-state index < -0.39 is 0 Å². The summed E-state index contributed by atoms with van der Waals surface area (Å²) in [6, 6.07) is 7.55. The van der Waals surface area contributed by atoms with Crippen LogP contribution in [0.3, 0.4) is 0 Å². The largest absolute Gasteiger partial charge is 0.325 e. The lowest BCUT2D eigenvalue weighted by Crippen LogP contribution is -2.12. The molecule has 2 aromatic rings. The van der Waals surface area contributed by atoms with Gasteiger partial charge in [0.15, 0.2) is 0 Å². The highest BCUT2D eigenvalue weighted by Gasteiger charge is 2.03. The number of aromatic nitrogens is 1. The summed E-state index contributed by atoms with van der Waals surface area (Å²) in [6.45, 7) is 0. The number of hydrogen-bond acceptors (Lipinski definition) is 2. The maximum Gasteiger partial charge on any atom is 0.235 e. The van der Waals surface area contributed by atoms with Gasteiger partial charge in [-0.05, 0) is 12.1 Å². The number of nitrogens with zero attached hydrogens (tertiary/aromatic N) is 1. The van der Waals surface area contributed by atoms with E-state index in [-0.39, 0.29) is 11.7 Å². The highest BCUT2D eigenvalue weighted by atomic mass is 32.1. The number of nitrogens with one attached hydrogen (secondary N) is 1. The minimum absolute atomic E-state index is 0.0709. The molecule has 3 nitrogen and oxygen atoms in total.